The number of nitrogens with two attached hydrogens (primary N) is 1. The van der Waals surface area contributed by atoms with Gasteiger partial charge in [-0.15, -0.1) is 0 Å². The van der Waals surface area contributed by atoms with Crippen LogP contribution in [0.1, 0.15) is 38.5 Å². The van der Waals surface area contributed by atoms with E-state index >= 15 is 0 Å². The lowest BCUT2D eigenvalue weighted by atomic mass is 9.79. The zero-order valence-corrected chi connectivity index (χ0v) is 10.0. The van der Waals surface area contributed by atoms with Crippen molar-refractivity contribution in [2.45, 2.75) is 44.6 Å². The highest BCUT2D eigenvalue weighted by Crippen LogP contribution is 2.32. The van der Waals surface area contributed by atoms with E-state index in [1.54, 1.807) is 0 Å². The van der Waals surface area contributed by atoms with Gasteiger partial charge in [0, 0.05) is 6.04 Å². The van der Waals surface area contributed by atoms with Gasteiger partial charge in [0.1, 0.15) is 0 Å². The number of hydrogen-bond acceptors (Lipinski definition) is 3. The van der Waals surface area contributed by atoms with E-state index in [0.717, 1.165) is 25.2 Å². The first-order valence-corrected chi connectivity index (χ1v) is 7.83. The quantitative estimate of drug-likeness (QED) is 0.794. The van der Waals surface area contributed by atoms with Crippen molar-refractivity contribution in [2.24, 2.45) is 17.6 Å². The fourth-order valence-corrected chi connectivity index (χ4v) is 4.62. The van der Waals surface area contributed by atoms with Crippen LogP contribution in [0.5, 0.6) is 0 Å². The van der Waals surface area contributed by atoms with Gasteiger partial charge in [0.2, 0.25) is 0 Å². The second-order valence-electron chi connectivity index (χ2n) is 5.30. The molecule has 0 aromatic carbocycles. The minimum Gasteiger partial charge on any atom is -0.328 e. The van der Waals surface area contributed by atoms with Gasteiger partial charge in [-0.2, -0.15) is 0 Å². The summed E-state index contributed by atoms with van der Waals surface area (Å²) < 4.78 is 22.5. The van der Waals surface area contributed by atoms with Crippen LogP contribution in [0, 0.1) is 11.8 Å². The van der Waals surface area contributed by atoms with Crippen LogP contribution < -0.4 is 5.73 Å². The molecule has 2 rings (SSSR count). The summed E-state index contributed by atoms with van der Waals surface area (Å²) in [4.78, 5) is 0. The topological polar surface area (TPSA) is 60.2 Å². The predicted molar refractivity (Wildman–Crippen MR) is 61.3 cm³/mol. The van der Waals surface area contributed by atoms with E-state index in [1.165, 1.54) is 19.3 Å². The van der Waals surface area contributed by atoms with E-state index in [4.69, 9.17) is 5.73 Å². The monoisotopic (exact) mass is 231 g/mol. The van der Waals surface area contributed by atoms with Gasteiger partial charge in [0.05, 0.1) is 11.5 Å². The van der Waals surface area contributed by atoms with Crippen LogP contribution in [0.25, 0.3) is 0 Å². The highest BCUT2D eigenvalue weighted by atomic mass is 32.2. The fourth-order valence-electron chi connectivity index (χ4n) is 2.74. The van der Waals surface area contributed by atoms with E-state index in [2.05, 4.69) is 0 Å². The smallest absolute Gasteiger partial charge is 0.150 e. The molecular formula is C11H21NO2S. The lowest BCUT2D eigenvalue weighted by Crippen LogP contribution is -2.29. The first-order chi connectivity index (χ1) is 7.05. The second kappa shape index (κ2) is 4.42. The molecule has 0 aromatic rings. The van der Waals surface area contributed by atoms with Gasteiger partial charge in [0.25, 0.3) is 0 Å². The highest BCUT2D eigenvalue weighted by Gasteiger charge is 2.30. The molecule has 0 spiro atoms. The highest BCUT2D eigenvalue weighted by molar-refractivity contribution is 7.91. The van der Waals surface area contributed by atoms with Crippen LogP contribution in [0.4, 0.5) is 0 Å². The minimum absolute atomic E-state index is 0.230. The minimum atomic E-state index is -2.72. The van der Waals surface area contributed by atoms with Gasteiger partial charge in [-0.25, -0.2) is 8.42 Å². The SMILES string of the molecule is NC(CC1CCC1)CC1CCS(=O)(=O)C1. The Kier molecular flexibility index (Phi) is 3.36. The lowest BCUT2D eigenvalue weighted by Gasteiger charge is -2.28. The van der Waals surface area contributed by atoms with Gasteiger partial charge in [0.15, 0.2) is 9.84 Å². The molecule has 1 heterocycles. The molecule has 2 atom stereocenters. The molecule has 2 fully saturated rings. The molecule has 0 bridgehead atoms. The lowest BCUT2D eigenvalue weighted by molar-refractivity contribution is 0.263. The molecule has 0 radical (unpaired) electrons. The molecule has 1 aliphatic heterocycles. The first kappa shape index (κ1) is 11.4. The summed E-state index contributed by atoms with van der Waals surface area (Å²) in [6.45, 7) is 0. The maximum atomic E-state index is 11.3. The number of hydrogen-bond donors (Lipinski definition) is 1. The molecule has 2 N–H and O–H groups in total. The first-order valence-electron chi connectivity index (χ1n) is 6.01. The molecule has 4 heteroatoms. The van der Waals surface area contributed by atoms with Crippen LogP contribution in [0.2, 0.25) is 0 Å². The Labute approximate surface area is 92.3 Å². The maximum Gasteiger partial charge on any atom is 0.150 e. The molecule has 3 nitrogen and oxygen atoms in total. The van der Waals surface area contributed by atoms with Crippen molar-refractivity contribution in [3.8, 4) is 0 Å². The van der Waals surface area contributed by atoms with Crippen LogP contribution in [0.3, 0.4) is 0 Å². The van der Waals surface area contributed by atoms with Crippen molar-refractivity contribution in [2.75, 3.05) is 11.5 Å². The fraction of sp³-hybridized carbons (Fsp3) is 1.00. The van der Waals surface area contributed by atoms with Crippen molar-refractivity contribution in [1.82, 2.24) is 0 Å². The van der Waals surface area contributed by atoms with Crippen molar-refractivity contribution in [3.63, 3.8) is 0 Å². The van der Waals surface area contributed by atoms with E-state index < -0.39 is 9.84 Å². The Morgan fingerprint density at radius 3 is 2.27 bits per heavy atom. The summed E-state index contributed by atoms with van der Waals surface area (Å²) in [6, 6.07) is 0.230. The van der Waals surface area contributed by atoms with Gasteiger partial charge in [-0.05, 0) is 31.1 Å². The summed E-state index contributed by atoms with van der Waals surface area (Å²) in [5, 5.41) is 0. The molecule has 1 saturated carbocycles. The second-order valence-corrected chi connectivity index (χ2v) is 7.53. The predicted octanol–water partition coefficient (Wildman–Crippen LogP) is 1.33. The van der Waals surface area contributed by atoms with E-state index in [0.29, 0.717) is 17.4 Å². The van der Waals surface area contributed by atoms with Crippen molar-refractivity contribution < 1.29 is 8.42 Å². The molecule has 0 aromatic heterocycles. The largest absolute Gasteiger partial charge is 0.328 e. The number of sulfone groups is 1. The number of rotatable bonds is 4. The van der Waals surface area contributed by atoms with Gasteiger partial charge < -0.3 is 5.73 Å². The van der Waals surface area contributed by atoms with Crippen LogP contribution in [-0.2, 0) is 9.84 Å². The summed E-state index contributed by atoms with van der Waals surface area (Å²) in [5.41, 5.74) is 6.06. The molecule has 1 saturated heterocycles. The molecule has 1 aliphatic carbocycles. The standard InChI is InChI=1S/C11H21NO2S/c12-11(6-9-2-1-3-9)7-10-4-5-15(13,14)8-10/h9-11H,1-8,12H2. The van der Waals surface area contributed by atoms with Crippen molar-refractivity contribution in [1.29, 1.82) is 0 Å². The molecule has 0 amide bonds. The van der Waals surface area contributed by atoms with Gasteiger partial charge in [-0.3, -0.25) is 0 Å². The average molecular weight is 231 g/mol. The summed E-state index contributed by atoms with van der Waals surface area (Å²) >= 11 is 0. The van der Waals surface area contributed by atoms with Crippen LogP contribution >= 0.6 is 0 Å². The zero-order chi connectivity index (χ0) is 10.9. The van der Waals surface area contributed by atoms with Crippen LogP contribution in [-0.4, -0.2) is 26.0 Å². The Morgan fingerprint density at radius 2 is 1.80 bits per heavy atom. The van der Waals surface area contributed by atoms with E-state index in [1.807, 2.05) is 0 Å². The third kappa shape index (κ3) is 3.18. The van der Waals surface area contributed by atoms with Crippen molar-refractivity contribution >= 4 is 9.84 Å². The molecule has 15 heavy (non-hydrogen) atoms. The maximum absolute atomic E-state index is 11.3. The Hall–Kier alpha value is -0.0900. The summed E-state index contributed by atoms with van der Waals surface area (Å²) in [5.74, 6) is 1.93. The summed E-state index contributed by atoms with van der Waals surface area (Å²) in [6.07, 6.45) is 6.87. The average Bonchev–Trinajstić information content (AvgIpc) is 2.38. The normalized spacial score (nSPS) is 32.5. The third-order valence-corrected chi connectivity index (χ3v) is 5.66. The third-order valence-electron chi connectivity index (χ3n) is 3.82. The Bertz CT molecular complexity index is 309. The van der Waals surface area contributed by atoms with Gasteiger partial charge >= 0.3 is 0 Å². The molecule has 2 unspecified atom stereocenters. The van der Waals surface area contributed by atoms with E-state index in [9.17, 15) is 8.42 Å². The zero-order valence-electron chi connectivity index (χ0n) is 9.19. The van der Waals surface area contributed by atoms with Crippen molar-refractivity contribution in [3.05, 3.63) is 0 Å². The molecular weight excluding hydrogens is 210 g/mol. The molecule has 88 valence electrons. The molecule has 2 aliphatic rings. The Balaban J connectivity index is 1.72. The Morgan fingerprint density at radius 1 is 1.13 bits per heavy atom. The summed E-state index contributed by atoms with van der Waals surface area (Å²) in [7, 11) is -2.72. The van der Waals surface area contributed by atoms with E-state index in [-0.39, 0.29) is 6.04 Å². The van der Waals surface area contributed by atoms with Crippen LogP contribution in [0.15, 0.2) is 0 Å². The van der Waals surface area contributed by atoms with Gasteiger partial charge in [-0.1, -0.05) is 19.3 Å².